The summed E-state index contributed by atoms with van der Waals surface area (Å²) in [6.45, 7) is 2.60. The van der Waals surface area contributed by atoms with Gasteiger partial charge in [-0.25, -0.2) is 0 Å². The van der Waals surface area contributed by atoms with Gasteiger partial charge in [-0.05, 0) is 43.5 Å². The van der Waals surface area contributed by atoms with Crippen LogP contribution in [0.15, 0.2) is 42.5 Å². The molecule has 1 atom stereocenters. The number of anilines is 1. The summed E-state index contributed by atoms with van der Waals surface area (Å²) in [6.07, 6.45) is 1.78. The number of benzene rings is 2. The first-order chi connectivity index (χ1) is 10.6. The Bertz CT molecular complexity index is 697. The van der Waals surface area contributed by atoms with Crippen LogP contribution in [0.25, 0.3) is 0 Å². The van der Waals surface area contributed by atoms with Gasteiger partial charge in [0.2, 0.25) is 0 Å². The van der Waals surface area contributed by atoms with Gasteiger partial charge in [-0.3, -0.25) is 4.79 Å². The van der Waals surface area contributed by atoms with E-state index in [0.29, 0.717) is 17.9 Å². The highest BCUT2D eigenvalue weighted by atomic mass is 16.5. The van der Waals surface area contributed by atoms with E-state index in [1.165, 1.54) is 0 Å². The van der Waals surface area contributed by atoms with Crippen LogP contribution in [0.4, 0.5) is 5.69 Å². The Morgan fingerprint density at radius 3 is 2.95 bits per heavy atom. The number of hydrogen-bond donors (Lipinski definition) is 2. The van der Waals surface area contributed by atoms with Gasteiger partial charge in [0.1, 0.15) is 5.75 Å². The van der Waals surface area contributed by atoms with Crippen molar-refractivity contribution < 1.29 is 9.53 Å². The topological polar surface area (TPSA) is 64.4 Å². The second kappa shape index (κ2) is 6.10. The highest BCUT2D eigenvalue weighted by Crippen LogP contribution is 2.31. The summed E-state index contributed by atoms with van der Waals surface area (Å²) in [6, 6.07) is 13.2. The summed E-state index contributed by atoms with van der Waals surface area (Å²) in [5, 5.41) is 3.12. The molecule has 2 aromatic rings. The summed E-state index contributed by atoms with van der Waals surface area (Å²) in [4.78, 5) is 12.6. The minimum Gasteiger partial charge on any atom is -0.493 e. The second-order valence-corrected chi connectivity index (χ2v) is 5.63. The van der Waals surface area contributed by atoms with Crippen LogP contribution in [0.2, 0.25) is 0 Å². The van der Waals surface area contributed by atoms with Crippen LogP contribution in [0.5, 0.6) is 5.75 Å². The third-order valence-corrected chi connectivity index (χ3v) is 4.00. The number of fused-ring (bicyclic) bond motifs is 1. The van der Waals surface area contributed by atoms with Crippen molar-refractivity contribution in [3.63, 3.8) is 0 Å². The van der Waals surface area contributed by atoms with Gasteiger partial charge in [-0.15, -0.1) is 0 Å². The molecule has 1 aliphatic heterocycles. The summed E-state index contributed by atoms with van der Waals surface area (Å²) >= 11 is 0. The van der Waals surface area contributed by atoms with E-state index in [0.717, 1.165) is 29.7 Å². The smallest absolute Gasteiger partial charge is 0.252 e. The largest absolute Gasteiger partial charge is 0.493 e. The van der Waals surface area contributed by atoms with E-state index in [1.807, 2.05) is 37.3 Å². The zero-order chi connectivity index (χ0) is 15.5. The van der Waals surface area contributed by atoms with Crippen LogP contribution in [0.3, 0.4) is 0 Å². The van der Waals surface area contributed by atoms with E-state index in [-0.39, 0.29) is 11.9 Å². The molecule has 114 valence electrons. The molecule has 0 saturated heterocycles. The third kappa shape index (κ3) is 2.91. The maximum atomic E-state index is 12.6. The quantitative estimate of drug-likeness (QED) is 0.836. The minimum atomic E-state index is -0.0912. The molecule has 0 radical (unpaired) electrons. The fourth-order valence-corrected chi connectivity index (χ4v) is 2.80. The zero-order valence-corrected chi connectivity index (χ0v) is 12.6. The third-order valence-electron chi connectivity index (χ3n) is 4.00. The summed E-state index contributed by atoms with van der Waals surface area (Å²) in [7, 11) is 0. The number of hydrogen-bond acceptors (Lipinski definition) is 3. The first kappa shape index (κ1) is 14.4. The van der Waals surface area contributed by atoms with Crippen molar-refractivity contribution in [2.45, 2.75) is 25.8 Å². The van der Waals surface area contributed by atoms with Gasteiger partial charge in [0.25, 0.3) is 5.91 Å². The molecule has 0 bridgehead atoms. The molecular weight excluding hydrogens is 276 g/mol. The van der Waals surface area contributed by atoms with Gasteiger partial charge in [0.15, 0.2) is 0 Å². The Hall–Kier alpha value is -2.49. The van der Waals surface area contributed by atoms with Crippen molar-refractivity contribution >= 4 is 11.6 Å². The van der Waals surface area contributed by atoms with Gasteiger partial charge in [-0.1, -0.05) is 24.3 Å². The molecule has 0 aromatic heterocycles. The van der Waals surface area contributed by atoms with Crippen molar-refractivity contribution in [3.05, 3.63) is 59.2 Å². The first-order valence-electron chi connectivity index (χ1n) is 7.54. The average molecular weight is 296 g/mol. The van der Waals surface area contributed by atoms with Gasteiger partial charge in [-0.2, -0.15) is 0 Å². The summed E-state index contributed by atoms with van der Waals surface area (Å²) < 4.78 is 5.74. The van der Waals surface area contributed by atoms with Crippen molar-refractivity contribution in [2.24, 2.45) is 0 Å². The molecule has 0 spiro atoms. The second-order valence-electron chi connectivity index (χ2n) is 5.63. The Balaban J connectivity index is 1.86. The maximum absolute atomic E-state index is 12.6. The molecule has 0 aliphatic carbocycles. The Labute approximate surface area is 130 Å². The number of rotatable bonds is 2. The molecular formula is C18H20N2O2. The molecule has 4 nitrogen and oxygen atoms in total. The Morgan fingerprint density at radius 2 is 2.09 bits per heavy atom. The maximum Gasteiger partial charge on any atom is 0.252 e. The molecule has 1 aliphatic rings. The molecule has 1 amide bonds. The number of carbonyl (C=O) groups is 1. The highest BCUT2D eigenvalue weighted by Gasteiger charge is 2.22. The molecule has 0 fully saturated rings. The predicted octanol–water partition coefficient (Wildman–Crippen LogP) is 3.22. The van der Waals surface area contributed by atoms with Gasteiger partial charge in [0, 0.05) is 16.8 Å². The lowest BCUT2D eigenvalue weighted by Gasteiger charge is -2.19. The van der Waals surface area contributed by atoms with Crippen molar-refractivity contribution in [3.8, 4) is 5.75 Å². The lowest BCUT2D eigenvalue weighted by Crippen LogP contribution is -2.29. The van der Waals surface area contributed by atoms with Crippen LogP contribution < -0.4 is 15.8 Å². The van der Waals surface area contributed by atoms with E-state index in [9.17, 15) is 4.79 Å². The van der Waals surface area contributed by atoms with Gasteiger partial charge in [0.05, 0.1) is 12.6 Å². The SMILES string of the molecule is Cc1ccc(N)cc1C(=O)NC1CCCOc2ccccc21. The van der Waals surface area contributed by atoms with Gasteiger partial charge < -0.3 is 15.8 Å². The molecule has 22 heavy (non-hydrogen) atoms. The molecule has 3 rings (SSSR count). The number of para-hydroxylation sites is 1. The Morgan fingerprint density at radius 1 is 1.27 bits per heavy atom. The number of amides is 1. The number of carbonyl (C=O) groups excluding carboxylic acids is 1. The number of nitrogen functional groups attached to an aromatic ring is 1. The van der Waals surface area contributed by atoms with E-state index in [2.05, 4.69) is 5.32 Å². The average Bonchev–Trinajstić information content (AvgIpc) is 2.72. The molecule has 1 heterocycles. The number of ether oxygens (including phenoxy) is 1. The normalized spacial score (nSPS) is 17.0. The van der Waals surface area contributed by atoms with Crippen LogP contribution in [0, 0.1) is 6.92 Å². The Kier molecular flexibility index (Phi) is 4.00. The van der Waals surface area contributed by atoms with Crippen LogP contribution in [-0.2, 0) is 0 Å². The minimum absolute atomic E-state index is 0.0352. The van der Waals surface area contributed by atoms with Gasteiger partial charge >= 0.3 is 0 Å². The molecule has 4 heteroatoms. The zero-order valence-electron chi connectivity index (χ0n) is 12.6. The monoisotopic (exact) mass is 296 g/mol. The van der Waals surface area contributed by atoms with E-state index in [1.54, 1.807) is 12.1 Å². The first-order valence-corrected chi connectivity index (χ1v) is 7.54. The predicted molar refractivity (Wildman–Crippen MR) is 87.0 cm³/mol. The highest BCUT2D eigenvalue weighted by molar-refractivity contribution is 5.96. The fourth-order valence-electron chi connectivity index (χ4n) is 2.80. The number of nitrogens with one attached hydrogen (secondary N) is 1. The van der Waals surface area contributed by atoms with Crippen molar-refractivity contribution in [1.82, 2.24) is 5.32 Å². The van der Waals surface area contributed by atoms with Crippen molar-refractivity contribution in [2.75, 3.05) is 12.3 Å². The lowest BCUT2D eigenvalue weighted by atomic mass is 10.0. The van der Waals surface area contributed by atoms with E-state index < -0.39 is 0 Å². The molecule has 3 N–H and O–H groups in total. The van der Waals surface area contributed by atoms with E-state index >= 15 is 0 Å². The standard InChI is InChI=1S/C18H20N2O2/c1-12-8-9-13(19)11-15(12)18(21)20-16-6-4-10-22-17-7-3-2-5-14(16)17/h2-3,5,7-9,11,16H,4,6,10,19H2,1H3,(H,20,21). The van der Waals surface area contributed by atoms with Crippen LogP contribution in [0.1, 0.15) is 40.4 Å². The van der Waals surface area contributed by atoms with Crippen molar-refractivity contribution in [1.29, 1.82) is 0 Å². The summed E-state index contributed by atoms with van der Waals surface area (Å²) in [5.74, 6) is 0.765. The fraction of sp³-hybridized carbons (Fsp3) is 0.278. The van der Waals surface area contributed by atoms with Crippen LogP contribution in [-0.4, -0.2) is 12.5 Å². The molecule has 1 unspecified atom stereocenters. The lowest BCUT2D eigenvalue weighted by molar-refractivity contribution is 0.0934. The molecule has 0 saturated carbocycles. The van der Waals surface area contributed by atoms with Crippen LogP contribution >= 0.6 is 0 Å². The van der Waals surface area contributed by atoms with E-state index in [4.69, 9.17) is 10.5 Å². The number of nitrogens with two attached hydrogens (primary N) is 1. The molecule has 2 aromatic carbocycles. The summed E-state index contributed by atoms with van der Waals surface area (Å²) in [5.41, 5.74) is 8.98. The number of aryl methyl sites for hydroxylation is 1.